The average Bonchev–Trinajstić information content (AvgIpc) is 3.46. The molecule has 1 aliphatic heterocycles. The summed E-state index contributed by atoms with van der Waals surface area (Å²) in [4.78, 5) is 13.0. The van der Waals surface area contributed by atoms with E-state index in [0.29, 0.717) is 39.6 Å². The van der Waals surface area contributed by atoms with Crippen LogP contribution in [0.3, 0.4) is 0 Å². The van der Waals surface area contributed by atoms with Crippen molar-refractivity contribution in [3.63, 3.8) is 0 Å². The maximum Gasteiger partial charge on any atom is 0.416 e. The molecule has 2 aromatic carbocycles. The highest BCUT2D eigenvalue weighted by molar-refractivity contribution is 5.97. The van der Waals surface area contributed by atoms with Crippen LogP contribution in [0.5, 0.6) is 11.5 Å². The molecule has 4 aromatic rings. The highest BCUT2D eigenvalue weighted by Crippen LogP contribution is 2.33. The standard InChI is InChI=1S/C24H19F3N2O4/c1-14-8-18-21(33-14)10-19(29(18)12-15-2-5-17(6-3-15)24(25,26)27)23(30)28-11-16-4-7-20-22(9-16)32-13-31-20/h2-10H,11-13H2,1H3,(H,28,30). The maximum absolute atomic E-state index is 13.0. The van der Waals surface area contributed by atoms with E-state index in [-0.39, 0.29) is 25.8 Å². The van der Waals surface area contributed by atoms with E-state index in [0.717, 1.165) is 17.7 Å². The molecule has 0 saturated carbocycles. The lowest BCUT2D eigenvalue weighted by molar-refractivity contribution is -0.137. The minimum atomic E-state index is -4.40. The Morgan fingerprint density at radius 3 is 2.48 bits per heavy atom. The van der Waals surface area contributed by atoms with E-state index in [4.69, 9.17) is 13.9 Å². The molecule has 0 bridgehead atoms. The van der Waals surface area contributed by atoms with Gasteiger partial charge in [-0.3, -0.25) is 4.79 Å². The van der Waals surface area contributed by atoms with E-state index in [1.165, 1.54) is 12.1 Å². The molecule has 2 aromatic heterocycles. The monoisotopic (exact) mass is 456 g/mol. The average molecular weight is 456 g/mol. The number of carbonyl (C=O) groups excluding carboxylic acids is 1. The summed E-state index contributed by atoms with van der Waals surface area (Å²) in [5.74, 6) is 1.63. The predicted molar refractivity (Wildman–Crippen MR) is 113 cm³/mol. The zero-order valence-corrected chi connectivity index (χ0v) is 17.5. The number of nitrogens with zero attached hydrogens (tertiary/aromatic N) is 1. The van der Waals surface area contributed by atoms with Crippen molar-refractivity contribution in [1.29, 1.82) is 0 Å². The van der Waals surface area contributed by atoms with E-state index in [9.17, 15) is 18.0 Å². The number of aryl methyl sites for hydroxylation is 1. The van der Waals surface area contributed by atoms with Gasteiger partial charge in [0.05, 0.1) is 11.1 Å². The second kappa shape index (κ2) is 7.91. The normalized spacial score (nSPS) is 13.0. The minimum absolute atomic E-state index is 0.168. The molecular weight excluding hydrogens is 437 g/mol. The number of halogens is 3. The number of hydrogen-bond donors (Lipinski definition) is 1. The van der Waals surface area contributed by atoms with Crippen LogP contribution in [0.2, 0.25) is 0 Å². The topological polar surface area (TPSA) is 65.6 Å². The van der Waals surface area contributed by atoms with Gasteiger partial charge in [-0.25, -0.2) is 0 Å². The molecule has 6 nitrogen and oxygen atoms in total. The number of aromatic nitrogens is 1. The first-order chi connectivity index (χ1) is 15.8. The van der Waals surface area contributed by atoms with Crippen molar-refractivity contribution in [2.75, 3.05) is 6.79 Å². The van der Waals surface area contributed by atoms with Gasteiger partial charge in [0.2, 0.25) is 6.79 Å². The molecule has 0 aliphatic carbocycles. The number of benzene rings is 2. The summed E-state index contributed by atoms with van der Waals surface area (Å²) in [5.41, 5.74) is 2.33. The summed E-state index contributed by atoms with van der Waals surface area (Å²) < 4.78 is 56.7. The van der Waals surface area contributed by atoms with Gasteiger partial charge >= 0.3 is 6.18 Å². The first kappa shape index (κ1) is 21.0. The molecule has 5 rings (SSSR count). The van der Waals surface area contributed by atoms with E-state index < -0.39 is 11.7 Å². The molecule has 0 saturated heterocycles. The highest BCUT2D eigenvalue weighted by Gasteiger charge is 2.30. The second-order valence-electron chi connectivity index (χ2n) is 7.79. The van der Waals surface area contributed by atoms with Crippen molar-refractivity contribution in [2.45, 2.75) is 26.2 Å². The van der Waals surface area contributed by atoms with Gasteiger partial charge in [0.1, 0.15) is 11.5 Å². The zero-order valence-electron chi connectivity index (χ0n) is 17.5. The summed E-state index contributed by atoms with van der Waals surface area (Å²) in [6.45, 7) is 2.44. The zero-order chi connectivity index (χ0) is 23.2. The van der Waals surface area contributed by atoms with Gasteiger partial charge in [-0.15, -0.1) is 0 Å². The Balaban J connectivity index is 1.39. The van der Waals surface area contributed by atoms with Crippen LogP contribution in [0.1, 0.15) is 32.9 Å². The molecule has 9 heteroatoms. The number of amides is 1. The summed E-state index contributed by atoms with van der Waals surface area (Å²) in [7, 11) is 0. The highest BCUT2D eigenvalue weighted by atomic mass is 19.4. The van der Waals surface area contributed by atoms with Crippen LogP contribution in [0.4, 0.5) is 13.2 Å². The number of fused-ring (bicyclic) bond motifs is 2. The molecule has 170 valence electrons. The molecule has 33 heavy (non-hydrogen) atoms. The van der Waals surface area contributed by atoms with Crippen molar-refractivity contribution >= 4 is 17.0 Å². The van der Waals surface area contributed by atoms with E-state index in [1.54, 1.807) is 35.8 Å². The van der Waals surface area contributed by atoms with Crippen LogP contribution in [0.15, 0.2) is 59.0 Å². The lowest BCUT2D eigenvalue weighted by Gasteiger charge is -2.12. The van der Waals surface area contributed by atoms with Crippen LogP contribution in [0.25, 0.3) is 11.1 Å². The second-order valence-corrected chi connectivity index (χ2v) is 7.79. The maximum atomic E-state index is 13.0. The van der Waals surface area contributed by atoms with Crippen molar-refractivity contribution < 1.29 is 31.9 Å². The van der Waals surface area contributed by atoms with Crippen molar-refractivity contribution in [3.8, 4) is 11.5 Å². The van der Waals surface area contributed by atoms with Crippen LogP contribution in [-0.4, -0.2) is 17.3 Å². The first-order valence-electron chi connectivity index (χ1n) is 10.2. The van der Waals surface area contributed by atoms with Gasteiger partial charge in [-0.2, -0.15) is 13.2 Å². The quantitative estimate of drug-likeness (QED) is 0.445. The number of alkyl halides is 3. The van der Waals surface area contributed by atoms with E-state index in [1.807, 2.05) is 6.07 Å². The molecule has 0 fully saturated rings. The molecule has 1 aliphatic rings. The Hall–Kier alpha value is -3.88. The molecule has 0 unspecified atom stereocenters. The number of ether oxygens (including phenoxy) is 2. The summed E-state index contributed by atoms with van der Waals surface area (Å²) in [6.07, 6.45) is -4.40. The number of hydrogen-bond acceptors (Lipinski definition) is 4. The third kappa shape index (κ3) is 4.13. The SMILES string of the molecule is Cc1cc2c(cc(C(=O)NCc3ccc4c(c3)OCO4)n2Cc2ccc(C(F)(F)F)cc2)o1. The largest absolute Gasteiger partial charge is 0.460 e. The third-order valence-electron chi connectivity index (χ3n) is 5.46. The number of rotatable bonds is 5. The Morgan fingerprint density at radius 2 is 1.73 bits per heavy atom. The summed E-state index contributed by atoms with van der Waals surface area (Å²) in [5, 5.41) is 2.88. The first-order valence-corrected chi connectivity index (χ1v) is 10.2. The van der Waals surface area contributed by atoms with Crippen molar-refractivity contribution in [2.24, 2.45) is 0 Å². The fourth-order valence-corrected chi connectivity index (χ4v) is 3.83. The fourth-order valence-electron chi connectivity index (χ4n) is 3.83. The van der Waals surface area contributed by atoms with E-state index in [2.05, 4.69) is 5.32 Å². The molecule has 0 atom stereocenters. The molecule has 0 spiro atoms. The summed E-state index contributed by atoms with van der Waals surface area (Å²) >= 11 is 0. The number of carbonyl (C=O) groups is 1. The Bertz CT molecular complexity index is 1340. The van der Waals surface area contributed by atoms with Crippen LogP contribution >= 0.6 is 0 Å². The fraction of sp³-hybridized carbons (Fsp3) is 0.208. The lowest BCUT2D eigenvalue weighted by atomic mass is 10.1. The Labute approximate surface area is 186 Å². The van der Waals surface area contributed by atoms with Gasteiger partial charge in [-0.05, 0) is 42.3 Å². The van der Waals surface area contributed by atoms with Crippen LogP contribution in [-0.2, 0) is 19.3 Å². The van der Waals surface area contributed by atoms with Crippen LogP contribution in [0, 0.1) is 6.92 Å². The summed E-state index contributed by atoms with van der Waals surface area (Å²) in [6, 6.07) is 13.8. The third-order valence-corrected chi connectivity index (χ3v) is 5.46. The molecule has 0 radical (unpaired) electrons. The Kier molecular flexibility index (Phi) is 5.03. The predicted octanol–water partition coefficient (Wildman–Crippen LogP) is 5.27. The lowest BCUT2D eigenvalue weighted by Crippen LogP contribution is -2.25. The molecule has 3 heterocycles. The van der Waals surface area contributed by atoms with Crippen molar-refractivity contribution in [1.82, 2.24) is 9.88 Å². The van der Waals surface area contributed by atoms with Gasteiger partial charge in [0.25, 0.3) is 5.91 Å². The van der Waals surface area contributed by atoms with Gasteiger partial charge in [0, 0.05) is 25.2 Å². The smallest absolute Gasteiger partial charge is 0.416 e. The van der Waals surface area contributed by atoms with Gasteiger partial charge in [-0.1, -0.05) is 18.2 Å². The van der Waals surface area contributed by atoms with Crippen molar-refractivity contribution in [3.05, 3.63) is 82.7 Å². The molecular formula is C24H19F3N2O4. The van der Waals surface area contributed by atoms with E-state index >= 15 is 0 Å². The van der Waals surface area contributed by atoms with Crippen LogP contribution < -0.4 is 14.8 Å². The van der Waals surface area contributed by atoms with Gasteiger partial charge in [0.15, 0.2) is 17.1 Å². The molecule has 1 amide bonds. The number of furan rings is 1. The Morgan fingerprint density at radius 1 is 1.00 bits per heavy atom. The minimum Gasteiger partial charge on any atom is -0.460 e. The number of nitrogens with one attached hydrogen (secondary N) is 1. The molecule has 1 N–H and O–H groups in total. The van der Waals surface area contributed by atoms with Gasteiger partial charge < -0.3 is 23.8 Å².